The third kappa shape index (κ3) is 2.52. The highest BCUT2D eigenvalue weighted by Crippen LogP contribution is 2.31. The summed E-state index contributed by atoms with van der Waals surface area (Å²) in [5, 5.41) is 8.29. The van der Waals surface area contributed by atoms with Gasteiger partial charge in [-0.05, 0) is 6.92 Å². The molecular formula is C10H10F2O2. The van der Waals surface area contributed by atoms with Crippen molar-refractivity contribution < 1.29 is 18.7 Å². The number of alkyl halides is 2. The summed E-state index contributed by atoms with van der Waals surface area (Å²) >= 11 is 0. The number of hydrogen-bond donors (Lipinski definition) is 1. The Morgan fingerprint density at radius 1 is 1.36 bits per heavy atom. The molecule has 1 aromatic carbocycles. The van der Waals surface area contributed by atoms with E-state index in [9.17, 15) is 13.6 Å². The maximum absolute atomic E-state index is 13.2. The zero-order chi connectivity index (χ0) is 10.8. The fourth-order valence-electron chi connectivity index (χ4n) is 1.09. The second kappa shape index (κ2) is 3.74. The van der Waals surface area contributed by atoms with Gasteiger partial charge in [0.15, 0.2) is 0 Å². The van der Waals surface area contributed by atoms with E-state index >= 15 is 0 Å². The first-order valence-corrected chi connectivity index (χ1v) is 4.08. The normalized spacial score (nSPS) is 11.4. The summed E-state index contributed by atoms with van der Waals surface area (Å²) in [6.45, 7) is 1.78. The van der Waals surface area contributed by atoms with Crippen molar-refractivity contribution in [1.82, 2.24) is 0 Å². The highest BCUT2D eigenvalue weighted by atomic mass is 19.3. The third-order valence-corrected chi connectivity index (χ3v) is 1.85. The van der Waals surface area contributed by atoms with Gasteiger partial charge in [-0.1, -0.05) is 29.8 Å². The zero-order valence-corrected chi connectivity index (χ0v) is 7.63. The predicted octanol–water partition coefficient (Wildman–Crippen LogP) is 2.56. The predicted molar refractivity (Wildman–Crippen MR) is 47.3 cm³/mol. The van der Waals surface area contributed by atoms with E-state index in [1.54, 1.807) is 6.92 Å². The standard InChI is InChI=1S/C10H10F2O2/c1-7-2-4-8(5-3-7)10(11,12)6-9(13)14/h2-5H,6H2,1H3,(H,13,14). The maximum Gasteiger partial charge on any atom is 0.309 e. The number of aryl methyl sites for hydroxylation is 1. The van der Waals surface area contributed by atoms with E-state index in [4.69, 9.17) is 5.11 Å². The van der Waals surface area contributed by atoms with Gasteiger partial charge in [0.25, 0.3) is 5.92 Å². The molecule has 0 spiro atoms. The van der Waals surface area contributed by atoms with Crippen molar-refractivity contribution >= 4 is 5.97 Å². The molecule has 0 fully saturated rings. The fraction of sp³-hybridized carbons (Fsp3) is 0.300. The first-order chi connectivity index (χ1) is 6.42. The Labute approximate surface area is 80.2 Å². The lowest BCUT2D eigenvalue weighted by molar-refractivity contribution is -0.145. The molecule has 0 heterocycles. The monoisotopic (exact) mass is 200 g/mol. The minimum absolute atomic E-state index is 0.259. The molecule has 0 aliphatic rings. The smallest absolute Gasteiger partial charge is 0.309 e. The van der Waals surface area contributed by atoms with Gasteiger partial charge in [0.2, 0.25) is 0 Å². The summed E-state index contributed by atoms with van der Waals surface area (Å²) in [6.07, 6.45) is -1.17. The molecule has 1 rings (SSSR count). The first-order valence-electron chi connectivity index (χ1n) is 4.08. The van der Waals surface area contributed by atoms with Gasteiger partial charge in [0.1, 0.15) is 6.42 Å². The van der Waals surface area contributed by atoms with E-state index < -0.39 is 18.3 Å². The summed E-state index contributed by atoms with van der Waals surface area (Å²) in [6, 6.07) is 5.56. The van der Waals surface area contributed by atoms with Crippen molar-refractivity contribution in [1.29, 1.82) is 0 Å². The summed E-state index contributed by atoms with van der Waals surface area (Å²) in [7, 11) is 0. The van der Waals surface area contributed by atoms with Crippen LogP contribution in [0.4, 0.5) is 8.78 Å². The maximum atomic E-state index is 13.2. The molecule has 0 saturated carbocycles. The van der Waals surface area contributed by atoms with E-state index in [0.717, 1.165) is 5.56 Å². The Hall–Kier alpha value is -1.45. The number of carboxylic acids is 1. The highest BCUT2D eigenvalue weighted by molar-refractivity contribution is 5.68. The molecule has 1 N–H and O–H groups in total. The SMILES string of the molecule is Cc1ccc(C(F)(F)CC(=O)O)cc1. The molecule has 76 valence electrons. The number of carboxylic acid groups (broad SMARTS) is 1. The van der Waals surface area contributed by atoms with Crippen LogP contribution >= 0.6 is 0 Å². The minimum atomic E-state index is -3.29. The third-order valence-electron chi connectivity index (χ3n) is 1.85. The lowest BCUT2D eigenvalue weighted by Gasteiger charge is -2.14. The Bertz CT molecular complexity index is 330. The van der Waals surface area contributed by atoms with Crippen LogP contribution in [0.2, 0.25) is 0 Å². The lowest BCUT2D eigenvalue weighted by Crippen LogP contribution is -2.18. The van der Waals surface area contributed by atoms with Crippen molar-refractivity contribution in [2.45, 2.75) is 19.3 Å². The number of halogens is 2. The summed E-state index contributed by atoms with van der Waals surface area (Å²) in [4.78, 5) is 10.2. The van der Waals surface area contributed by atoms with Crippen LogP contribution in [-0.4, -0.2) is 11.1 Å². The molecule has 0 unspecified atom stereocenters. The second-order valence-electron chi connectivity index (χ2n) is 3.14. The molecule has 2 nitrogen and oxygen atoms in total. The van der Waals surface area contributed by atoms with Gasteiger partial charge in [-0.3, -0.25) is 4.79 Å². The van der Waals surface area contributed by atoms with Gasteiger partial charge in [-0.2, -0.15) is 0 Å². The van der Waals surface area contributed by atoms with Gasteiger partial charge in [-0.15, -0.1) is 0 Å². The summed E-state index contributed by atoms with van der Waals surface area (Å²) in [5.41, 5.74) is 0.602. The lowest BCUT2D eigenvalue weighted by atomic mass is 10.0. The van der Waals surface area contributed by atoms with Crippen LogP contribution in [0, 0.1) is 6.92 Å². The average Bonchev–Trinajstić information content (AvgIpc) is 2.02. The van der Waals surface area contributed by atoms with Crippen LogP contribution in [0.3, 0.4) is 0 Å². The Kier molecular flexibility index (Phi) is 2.84. The molecule has 1 aromatic rings. The fourth-order valence-corrected chi connectivity index (χ4v) is 1.09. The number of aliphatic carboxylic acids is 1. The molecule has 0 atom stereocenters. The quantitative estimate of drug-likeness (QED) is 0.814. The topological polar surface area (TPSA) is 37.3 Å². The molecule has 0 bridgehead atoms. The average molecular weight is 200 g/mol. The van der Waals surface area contributed by atoms with E-state index in [1.165, 1.54) is 24.3 Å². The number of benzene rings is 1. The van der Waals surface area contributed by atoms with Crippen LogP contribution in [0.15, 0.2) is 24.3 Å². The Balaban J connectivity index is 2.91. The van der Waals surface area contributed by atoms with Gasteiger partial charge in [0.05, 0.1) is 0 Å². The number of rotatable bonds is 3. The number of carbonyl (C=O) groups is 1. The van der Waals surface area contributed by atoms with Crippen molar-refractivity contribution in [3.63, 3.8) is 0 Å². The Morgan fingerprint density at radius 2 is 1.86 bits per heavy atom. The molecule has 0 aliphatic heterocycles. The van der Waals surface area contributed by atoms with Crippen LogP contribution < -0.4 is 0 Å². The zero-order valence-electron chi connectivity index (χ0n) is 7.63. The van der Waals surface area contributed by atoms with Crippen LogP contribution in [0.1, 0.15) is 17.5 Å². The molecule has 0 amide bonds. The van der Waals surface area contributed by atoms with Gasteiger partial charge in [0, 0.05) is 5.56 Å². The van der Waals surface area contributed by atoms with E-state index in [-0.39, 0.29) is 5.56 Å². The van der Waals surface area contributed by atoms with Crippen molar-refractivity contribution in [2.24, 2.45) is 0 Å². The minimum Gasteiger partial charge on any atom is -0.481 e. The molecular weight excluding hydrogens is 190 g/mol. The number of hydrogen-bond acceptors (Lipinski definition) is 1. The van der Waals surface area contributed by atoms with E-state index in [0.29, 0.717) is 0 Å². The van der Waals surface area contributed by atoms with Crippen LogP contribution in [0.5, 0.6) is 0 Å². The van der Waals surface area contributed by atoms with Gasteiger partial charge in [-0.25, -0.2) is 8.78 Å². The van der Waals surface area contributed by atoms with Crippen molar-refractivity contribution in [3.05, 3.63) is 35.4 Å². The van der Waals surface area contributed by atoms with Crippen LogP contribution in [0.25, 0.3) is 0 Å². The molecule has 0 radical (unpaired) electrons. The first kappa shape index (κ1) is 10.6. The molecule has 0 saturated heterocycles. The van der Waals surface area contributed by atoms with E-state index in [1.807, 2.05) is 0 Å². The van der Waals surface area contributed by atoms with Gasteiger partial charge >= 0.3 is 5.97 Å². The largest absolute Gasteiger partial charge is 0.481 e. The van der Waals surface area contributed by atoms with Gasteiger partial charge < -0.3 is 5.11 Å². The van der Waals surface area contributed by atoms with Crippen LogP contribution in [-0.2, 0) is 10.7 Å². The van der Waals surface area contributed by atoms with Crippen molar-refractivity contribution in [2.75, 3.05) is 0 Å². The molecule has 4 heteroatoms. The summed E-state index contributed by atoms with van der Waals surface area (Å²) in [5.74, 6) is -4.80. The van der Waals surface area contributed by atoms with Crippen molar-refractivity contribution in [3.8, 4) is 0 Å². The highest BCUT2D eigenvalue weighted by Gasteiger charge is 2.34. The summed E-state index contributed by atoms with van der Waals surface area (Å²) < 4.78 is 26.3. The second-order valence-corrected chi connectivity index (χ2v) is 3.14. The Morgan fingerprint density at radius 3 is 2.29 bits per heavy atom. The molecule has 0 aromatic heterocycles. The molecule has 0 aliphatic carbocycles. The molecule has 14 heavy (non-hydrogen) atoms. The van der Waals surface area contributed by atoms with E-state index in [2.05, 4.69) is 0 Å².